The van der Waals surface area contributed by atoms with Crippen LogP contribution in [0.15, 0.2) is 29.2 Å². The maximum absolute atomic E-state index is 11.9. The van der Waals surface area contributed by atoms with Gasteiger partial charge in [-0.15, -0.1) is 0 Å². The van der Waals surface area contributed by atoms with Crippen LogP contribution in [0.5, 0.6) is 0 Å². The van der Waals surface area contributed by atoms with E-state index in [9.17, 15) is 14.4 Å². The van der Waals surface area contributed by atoms with Gasteiger partial charge in [0.1, 0.15) is 0 Å². The number of hydrogen-bond donors (Lipinski definition) is 0. The average Bonchev–Trinajstić information content (AvgIpc) is 2.66. The largest absolute Gasteiger partial charge is 0.452 e. The highest BCUT2D eigenvalue weighted by Crippen LogP contribution is 2.32. The lowest BCUT2D eigenvalue weighted by molar-refractivity contribution is -0.121. The molecule has 0 radical (unpaired) electrons. The molecule has 0 atom stereocenters. The lowest BCUT2D eigenvalue weighted by atomic mass is 10.2. The quantitative estimate of drug-likeness (QED) is 0.745. The third-order valence-electron chi connectivity index (χ3n) is 2.32. The zero-order chi connectivity index (χ0) is 14.0. The molecule has 1 heterocycles. The smallest absolute Gasteiger partial charge is 0.424 e. The molecule has 1 fully saturated rings. The minimum absolute atomic E-state index is 0.165. The predicted molar refractivity (Wildman–Crippen MR) is 71.7 cm³/mol. The van der Waals surface area contributed by atoms with Crippen molar-refractivity contribution in [3.8, 4) is 0 Å². The third-order valence-corrected chi connectivity index (χ3v) is 3.44. The van der Waals surface area contributed by atoms with Crippen molar-refractivity contribution in [3.05, 3.63) is 39.8 Å². The van der Waals surface area contributed by atoms with E-state index >= 15 is 0 Å². The van der Waals surface area contributed by atoms with Crippen molar-refractivity contribution in [3.63, 3.8) is 0 Å². The second kappa shape index (κ2) is 5.46. The Kier molecular flexibility index (Phi) is 3.92. The van der Waals surface area contributed by atoms with Crippen LogP contribution in [0, 0.1) is 0 Å². The summed E-state index contributed by atoms with van der Waals surface area (Å²) in [6.45, 7) is 0. The van der Waals surface area contributed by atoms with Crippen molar-refractivity contribution in [2.75, 3.05) is 7.11 Å². The number of rotatable bonds is 1. The summed E-state index contributed by atoms with van der Waals surface area (Å²) in [7, 11) is 1.11. The Bertz CT molecular complexity index is 582. The molecule has 0 aliphatic carbocycles. The standard InChI is InChI=1S/C12H8ClNO4S/c1-18-11(16)14-10(15)9(19-12(14)17)6-7-2-4-8(13)5-3-7/h2-6H,1H3/b9-6-. The summed E-state index contributed by atoms with van der Waals surface area (Å²) in [5.41, 5.74) is 0.708. The minimum atomic E-state index is -0.984. The molecule has 5 nitrogen and oxygen atoms in total. The number of carbonyl (C=O) groups excluding carboxylic acids is 3. The van der Waals surface area contributed by atoms with Crippen LogP contribution in [-0.4, -0.2) is 29.2 Å². The third kappa shape index (κ3) is 2.80. The van der Waals surface area contributed by atoms with Gasteiger partial charge < -0.3 is 4.74 Å². The highest BCUT2D eigenvalue weighted by atomic mass is 35.5. The van der Waals surface area contributed by atoms with Gasteiger partial charge in [0.2, 0.25) is 0 Å². The van der Waals surface area contributed by atoms with Gasteiger partial charge in [0.25, 0.3) is 5.91 Å². The zero-order valence-electron chi connectivity index (χ0n) is 9.75. The maximum Gasteiger partial charge on any atom is 0.424 e. The molecule has 7 heteroatoms. The van der Waals surface area contributed by atoms with E-state index in [0.29, 0.717) is 27.2 Å². The molecule has 1 aromatic carbocycles. The van der Waals surface area contributed by atoms with Gasteiger partial charge in [0.15, 0.2) is 0 Å². The molecule has 1 aliphatic rings. The predicted octanol–water partition coefficient (Wildman–Crippen LogP) is 3.14. The monoisotopic (exact) mass is 297 g/mol. The van der Waals surface area contributed by atoms with Crippen molar-refractivity contribution in [1.82, 2.24) is 4.90 Å². The van der Waals surface area contributed by atoms with Crippen LogP contribution in [0.25, 0.3) is 6.08 Å². The molecule has 0 unspecified atom stereocenters. The molecule has 2 rings (SSSR count). The van der Waals surface area contributed by atoms with E-state index in [1.165, 1.54) is 6.08 Å². The molecular weight excluding hydrogens is 290 g/mol. The average molecular weight is 298 g/mol. The minimum Gasteiger partial charge on any atom is -0.452 e. The van der Waals surface area contributed by atoms with Crippen LogP contribution in [0.4, 0.5) is 9.59 Å². The van der Waals surface area contributed by atoms with Gasteiger partial charge in [-0.2, -0.15) is 4.90 Å². The first-order chi connectivity index (χ1) is 9.02. The molecule has 0 bridgehead atoms. The lowest BCUT2D eigenvalue weighted by Crippen LogP contribution is -2.34. The fraction of sp³-hybridized carbons (Fsp3) is 0.0833. The van der Waals surface area contributed by atoms with Crippen LogP contribution in [-0.2, 0) is 9.53 Å². The summed E-state index contributed by atoms with van der Waals surface area (Å²) in [4.78, 5) is 35.3. The van der Waals surface area contributed by atoms with Crippen molar-refractivity contribution >= 4 is 46.7 Å². The van der Waals surface area contributed by atoms with E-state index in [1.54, 1.807) is 24.3 Å². The molecule has 1 aromatic rings. The summed E-state index contributed by atoms with van der Waals surface area (Å²) >= 11 is 6.44. The SMILES string of the molecule is COC(=O)N1C(=O)S/C(=C\c2ccc(Cl)cc2)C1=O. The Hall–Kier alpha value is -1.79. The molecule has 3 amide bonds. The number of halogens is 1. The molecule has 1 saturated heterocycles. The fourth-order valence-corrected chi connectivity index (χ4v) is 2.36. The Morgan fingerprint density at radius 1 is 1.32 bits per heavy atom. The van der Waals surface area contributed by atoms with Crippen LogP contribution in [0.1, 0.15) is 5.56 Å². The van der Waals surface area contributed by atoms with E-state index in [4.69, 9.17) is 11.6 Å². The topological polar surface area (TPSA) is 63.7 Å². The van der Waals surface area contributed by atoms with E-state index in [1.807, 2.05) is 0 Å². The van der Waals surface area contributed by atoms with Gasteiger partial charge in [-0.25, -0.2) is 4.79 Å². The van der Waals surface area contributed by atoms with Crippen LogP contribution < -0.4 is 0 Å². The summed E-state index contributed by atoms with van der Waals surface area (Å²) in [5, 5.41) is -0.100. The van der Waals surface area contributed by atoms with E-state index < -0.39 is 17.2 Å². The van der Waals surface area contributed by atoms with E-state index in [2.05, 4.69) is 4.74 Å². The summed E-state index contributed by atoms with van der Waals surface area (Å²) in [6.07, 6.45) is 0.534. The number of nitrogens with zero attached hydrogens (tertiary/aromatic N) is 1. The molecule has 0 spiro atoms. The van der Waals surface area contributed by atoms with Crippen molar-refractivity contribution in [2.45, 2.75) is 0 Å². The Morgan fingerprint density at radius 2 is 1.95 bits per heavy atom. The van der Waals surface area contributed by atoms with Gasteiger partial charge in [-0.3, -0.25) is 9.59 Å². The summed E-state index contributed by atoms with van der Waals surface area (Å²) in [6, 6.07) is 6.73. The van der Waals surface area contributed by atoms with Crippen LogP contribution in [0.3, 0.4) is 0 Å². The molecule has 0 aromatic heterocycles. The number of imide groups is 3. The van der Waals surface area contributed by atoms with Gasteiger partial charge in [0, 0.05) is 5.02 Å². The highest BCUT2D eigenvalue weighted by Gasteiger charge is 2.40. The molecular formula is C12H8ClNO4S. The number of hydrogen-bond acceptors (Lipinski definition) is 5. The number of amides is 3. The summed E-state index contributed by atoms with van der Waals surface area (Å²) < 4.78 is 4.38. The highest BCUT2D eigenvalue weighted by molar-refractivity contribution is 8.18. The first-order valence-electron chi connectivity index (χ1n) is 5.14. The van der Waals surface area contributed by atoms with Gasteiger partial charge in [-0.05, 0) is 35.5 Å². The van der Waals surface area contributed by atoms with Crippen molar-refractivity contribution in [1.29, 1.82) is 0 Å². The molecule has 1 aliphatic heterocycles. The first-order valence-corrected chi connectivity index (χ1v) is 6.34. The zero-order valence-corrected chi connectivity index (χ0v) is 11.3. The van der Waals surface area contributed by atoms with E-state index in [0.717, 1.165) is 7.11 Å². The van der Waals surface area contributed by atoms with Crippen molar-refractivity contribution < 1.29 is 19.1 Å². The van der Waals surface area contributed by atoms with Crippen LogP contribution in [0.2, 0.25) is 5.02 Å². The molecule has 98 valence electrons. The first kappa shape index (κ1) is 13.6. The number of benzene rings is 1. The molecule has 0 N–H and O–H groups in total. The van der Waals surface area contributed by atoms with Gasteiger partial charge >= 0.3 is 11.3 Å². The lowest BCUT2D eigenvalue weighted by Gasteiger charge is -2.07. The molecule has 0 saturated carbocycles. The Morgan fingerprint density at radius 3 is 2.53 bits per heavy atom. The van der Waals surface area contributed by atoms with Crippen molar-refractivity contribution in [2.24, 2.45) is 0 Å². The van der Waals surface area contributed by atoms with E-state index in [-0.39, 0.29) is 4.91 Å². The molecule has 19 heavy (non-hydrogen) atoms. The van der Waals surface area contributed by atoms with Gasteiger partial charge in [0.05, 0.1) is 12.0 Å². The number of thioether (sulfide) groups is 1. The fourth-order valence-electron chi connectivity index (χ4n) is 1.43. The summed E-state index contributed by atoms with van der Waals surface area (Å²) in [5.74, 6) is -0.684. The normalized spacial score (nSPS) is 17.2. The number of carbonyl (C=O) groups is 3. The Balaban J connectivity index is 2.28. The second-order valence-electron chi connectivity index (χ2n) is 3.54. The number of methoxy groups -OCH3 is 1. The Labute approximate surface area is 118 Å². The van der Waals surface area contributed by atoms with Crippen LogP contribution >= 0.6 is 23.4 Å². The second-order valence-corrected chi connectivity index (χ2v) is 4.97. The van der Waals surface area contributed by atoms with Gasteiger partial charge in [-0.1, -0.05) is 23.7 Å². The maximum atomic E-state index is 11.9. The number of ether oxygens (including phenoxy) is 1.